The molecule has 0 aromatic heterocycles. The zero-order valence-electron chi connectivity index (χ0n) is 35.7. The van der Waals surface area contributed by atoms with E-state index in [2.05, 4.69) is 31.6 Å². The smallest absolute Gasteiger partial charge is 0.245 e. The third kappa shape index (κ3) is 20.4. The Morgan fingerprint density at radius 3 is 1.75 bits per heavy atom. The van der Waals surface area contributed by atoms with Crippen LogP contribution in [-0.2, 0) is 46.4 Å². The van der Waals surface area contributed by atoms with E-state index in [4.69, 9.17) is 22.9 Å². The van der Waals surface area contributed by atoms with Crippen LogP contribution in [0.2, 0.25) is 0 Å². The third-order valence-corrected chi connectivity index (χ3v) is 10.0. The Kier molecular flexibility index (Phi) is 23.6. The fourth-order valence-electron chi connectivity index (χ4n) is 6.35. The number of nitrogens with one attached hydrogen (secondary N) is 5. The molecule has 0 radical (unpaired) electrons. The van der Waals surface area contributed by atoms with E-state index in [0.29, 0.717) is 36.1 Å². The maximum Gasteiger partial charge on any atom is 0.245 e. The lowest BCUT2D eigenvalue weighted by atomic mass is 10.0. The fraction of sp³-hybridized carbons (Fsp3) is 0.524. The summed E-state index contributed by atoms with van der Waals surface area (Å²) in [6.07, 6.45) is 3.31. The lowest BCUT2D eigenvalue weighted by molar-refractivity contribution is -0.140. The highest BCUT2D eigenvalue weighted by Gasteiger charge is 2.33. The molecule has 0 aliphatic rings. The zero-order chi connectivity index (χ0) is 45.3. The molecular weight excluding hydrogens is 803 g/mol. The molecule has 0 unspecified atom stereocenters. The van der Waals surface area contributed by atoms with Crippen molar-refractivity contribution in [2.24, 2.45) is 33.8 Å². The number of primary amides is 1. The van der Waals surface area contributed by atoms with Crippen LogP contribution < -0.4 is 49.5 Å². The summed E-state index contributed by atoms with van der Waals surface area (Å²) in [7, 11) is 0. The summed E-state index contributed by atoms with van der Waals surface area (Å²) < 4.78 is 0. The predicted octanol–water partition coefficient (Wildman–Crippen LogP) is -0.569. The van der Waals surface area contributed by atoms with E-state index in [9.17, 15) is 33.6 Å². The van der Waals surface area contributed by atoms with Gasteiger partial charge in [0.05, 0.1) is 6.54 Å². The lowest BCUT2D eigenvalue weighted by Crippen LogP contribution is -2.59. The van der Waals surface area contributed by atoms with Crippen molar-refractivity contribution >= 4 is 59.1 Å². The molecule has 0 aliphatic carbocycles. The van der Waals surface area contributed by atoms with Gasteiger partial charge in [-0.25, -0.2) is 0 Å². The van der Waals surface area contributed by atoms with Gasteiger partial charge in [0.1, 0.15) is 30.2 Å². The molecule has 13 N–H and O–H groups in total. The van der Waals surface area contributed by atoms with Gasteiger partial charge in [-0.3, -0.25) is 38.6 Å². The maximum absolute atomic E-state index is 14.6. The largest absolute Gasteiger partial charge is 0.370 e. The van der Waals surface area contributed by atoms with Crippen LogP contribution in [0.25, 0.3) is 0 Å². The minimum absolute atomic E-state index is 0.0282. The molecule has 61 heavy (non-hydrogen) atoms. The van der Waals surface area contributed by atoms with Crippen molar-refractivity contribution in [2.75, 3.05) is 38.2 Å². The number of rotatable bonds is 28. The van der Waals surface area contributed by atoms with Gasteiger partial charge in [0.15, 0.2) is 5.96 Å². The molecular formula is C42H65N11O7S. The fourth-order valence-corrected chi connectivity index (χ4v) is 6.82. The van der Waals surface area contributed by atoms with E-state index in [0.717, 1.165) is 0 Å². The lowest BCUT2D eigenvalue weighted by Gasteiger charge is -2.30. The highest BCUT2D eigenvalue weighted by Crippen LogP contribution is 2.12. The summed E-state index contributed by atoms with van der Waals surface area (Å²) in [6, 6.07) is 12.5. The van der Waals surface area contributed by atoms with Crippen LogP contribution in [0.15, 0.2) is 65.7 Å². The third-order valence-electron chi connectivity index (χ3n) is 9.36. The van der Waals surface area contributed by atoms with E-state index < -0.39 is 78.1 Å². The average molecular weight is 868 g/mol. The molecule has 2 rings (SSSR count). The van der Waals surface area contributed by atoms with E-state index >= 15 is 0 Å². The number of carbonyl (C=O) groups excluding carboxylic acids is 7. The van der Waals surface area contributed by atoms with E-state index in [1.54, 1.807) is 48.5 Å². The van der Waals surface area contributed by atoms with Crippen molar-refractivity contribution in [3.05, 3.63) is 71.8 Å². The first kappa shape index (κ1) is 51.5. The van der Waals surface area contributed by atoms with Crippen LogP contribution in [-0.4, -0.2) is 121 Å². The van der Waals surface area contributed by atoms with Crippen LogP contribution in [0.5, 0.6) is 0 Å². The number of carbonyl (C=O) groups is 7. The maximum atomic E-state index is 14.6. The number of benzene rings is 2. The molecule has 18 nitrogen and oxygen atoms in total. The topological polar surface area (TPSA) is 299 Å². The number of nitrogens with zero attached hydrogens (tertiary/aromatic N) is 2. The Bertz CT molecular complexity index is 1750. The van der Waals surface area contributed by atoms with Crippen molar-refractivity contribution in [3.8, 4) is 0 Å². The molecule has 0 heterocycles. The Balaban J connectivity index is 2.45. The normalized spacial score (nSPS) is 13.3. The highest BCUT2D eigenvalue weighted by molar-refractivity contribution is 7.98. The highest BCUT2D eigenvalue weighted by atomic mass is 32.2. The second-order valence-corrected chi connectivity index (χ2v) is 16.1. The summed E-state index contributed by atoms with van der Waals surface area (Å²) in [4.78, 5) is 99.2. The van der Waals surface area contributed by atoms with Crippen LogP contribution >= 0.6 is 11.8 Å². The summed E-state index contributed by atoms with van der Waals surface area (Å²) in [5, 5.41) is 13.7. The van der Waals surface area contributed by atoms with Crippen molar-refractivity contribution in [1.29, 1.82) is 0 Å². The number of hydrogen-bond acceptors (Lipinski definition) is 10. The molecule has 336 valence electrons. The summed E-state index contributed by atoms with van der Waals surface area (Å²) >= 11 is 1.49. The van der Waals surface area contributed by atoms with Crippen molar-refractivity contribution in [1.82, 2.24) is 31.5 Å². The summed E-state index contributed by atoms with van der Waals surface area (Å²) in [5.74, 6) is -3.86. The van der Waals surface area contributed by atoms with Crippen molar-refractivity contribution < 1.29 is 33.6 Å². The molecule has 2 aromatic carbocycles. The molecule has 0 fully saturated rings. The number of nitrogens with two attached hydrogens (primary N) is 4. The first-order valence-corrected chi connectivity index (χ1v) is 21.8. The van der Waals surface area contributed by atoms with E-state index in [1.807, 2.05) is 32.2 Å². The quantitative estimate of drug-likeness (QED) is 0.0297. The second kappa shape index (κ2) is 28.0. The van der Waals surface area contributed by atoms with Gasteiger partial charge < -0.3 is 54.4 Å². The van der Waals surface area contributed by atoms with Crippen LogP contribution in [0, 0.1) is 5.92 Å². The Morgan fingerprint density at radius 2 is 1.23 bits per heavy atom. The van der Waals surface area contributed by atoms with Gasteiger partial charge in [-0.05, 0) is 67.7 Å². The molecule has 2 aromatic rings. The first-order chi connectivity index (χ1) is 29.0. The second-order valence-electron chi connectivity index (χ2n) is 15.1. The monoisotopic (exact) mass is 867 g/mol. The summed E-state index contributed by atoms with van der Waals surface area (Å²) in [6.45, 7) is 5.00. The standard InChI is InChI=1S/C42H65N11O7S/c1-27(2)23-33(39(58)50-31(37(44)56)18-22-61-4)49-36(55)26-53(21-12-19-43)41(60)35(25-30-15-9-6-10-16-30)52-40(59)34(24-29-13-7-5-8-14-29)51-38(57)32(48-28(3)54)17-11-20-47-42(45)46/h5-10,13-16,27,31-35H,11-12,17-26,43H2,1-4H3,(H2,44,56)(H,48,54)(H,49,55)(H,50,58)(H,51,57)(H,52,59)(H4,45,46,47)/t31-,32-,33-,34-,35-/m0/s1. The van der Waals surface area contributed by atoms with Gasteiger partial charge in [-0.1, -0.05) is 74.5 Å². The number of thioether (sulfide) groups is 1. The van der Waals surface area contributed by atoms with Gasteiger partial charge in [0, 0.05) is 32.9 Å². The van der Waals surface area contributed by atoms with Crippen LogP contribution in [0.4, 0.5) is 0 Å². The first-order valence-electron chi connectivity index (χ1n) is 20.4. The molecule has 0 saturated carbocycles. The molecule has 0 saturated heterocycles. The molecule has 5 atom stereocenters. The number of hydrogen-bond donors (Lipinski definition) is 9. The Hall–Kier alpha value is -5.69. The molecule has 0 spiro atoms. The van der Waals surface area contributed by atoms with Crippen molar-refractivity contribution in [3.63, 3.8) is 0 Å². The minimum atomic E-state index is -1.22. The molecule has 7 amide bonds. The summed E-state index contributed by atoms with van der Waals surface area (Å²) in [5.41, 5.74) is 23.7. The van der Waals surface area contributed by atoms with Gasteiger partial charge in [0.25, 0.3) is 0 Å². The zero-order valence-corrected chi connectivity index (χ0v) is 36.5. The molecule has 19 heteroatoms. The molecule has 0 bridgehead atoms. The van der Waals surface area contributed by atoms with Crippen LogP contribution in [0.1, 0.15) is 64.0 Å². The molecule has 0 aliphatic heterocycles. The van der Waals surface area contributed by atoms with Crippen LogP contribution in [0.3, 0.4) is 0 Å². The van der Waals surface area contributed by atoms with Crippen molar-refractivity contribution in [2.45, 2.75) is 95.9 Å². The average Bonchev–Trinajstić information content (AvgIpc) is 3.21. The van der Waals surface area contributed by atoms with Gasteiger partial charge in [0.2, 0.25) is 41.4 Å². The van der Waals surface area contributed by atoms with E-state index in [-0.39, 0.29) is 57.2 Å². The van der Waals surface area contributed by atoms with E-state index in [1.165, 1.54) is 23.6 Å². The minimum Gasteiger partial charge on any atom is -0.370 e. The number of guanidine groups is 1. The van der Waals surface area contributed by atoms with Gasteiger partial charge in [-0.2, -0.15) is 11.8 Å². The predicted molar refractivity (Wildman–Crippen MR) is 237 cm³/mol. The van der Waals surface area contributed by atoms with Gasteiger partial charge >= 0.3 is 0 Å². The Labute approximate surface area is 362 Å². The Morgan fingerprint density at radius 1 is 0.689 bits per heavy atom. The number of amides is 7. The SMILES string of the molecule is CSCC[C@H](NC(=O)[C@H](CC(C)C)NC(=O)CN(CCCN)C(=O)[C@H](Cc1ccccc1)NC(=O)[C@H](Cc1ccccc1)NC(=O)[C@H](CCCN=C(N)N)NC(C)=O)C(N)=O. The van der Waals surface area contributed by atoms with Gasteiger partial charge in [-0.15, -0.1) is 0 Å². The number of aliphatic imine (C=N–C) groups is 1.